The Morgan fingerprint density at radius 1 is 1.30 bits per heavy atom. The van der Waals surface area contributed by atoms with Crippen molar-refractivity contribution in [2.24, 2.45) is 17.6 Å². The minimum Gasteiger partial charge on any atom is -0.326 e. The van der Waals surface area contributed by atoms with Gasteiger partial charge in [0, 0.05) is 12.5 Å². The first-order valence-electron chi connectivity index (χ1n) is 6.37. The summed E-state index contributed by atoms with van der Waals surface area (Å²) in [5.74, 6) is -0.746. The van der Waals surface area contributed by atoms with Gasteiger partial charge in [0.1, 0.15) is 0 Å². The van der Waals surface area contributed by atoms with Crippen LogP contribution >= 0.6 is 0 Å². The molecule has 1 atom stereocenters. The zero-order valence-corrected chi connectivity index (χ0v) is 11.7. The number of alkyl halides is 3. The van der Waals surface area contributed by atoms with Crippen molar-refractivity contribution in [2.75, 3.05) is 5.32 Å². The summed E-state index contributed by atoms with van der Waals surface area (Å²) in [6.07, 6.45) is -4.53. The van der Waals surface area contributed by atoms with Crippen molar-refractivity contribution < 1.29 is 18.0 Å². The topological polar surface area (TPSA) is 55.1 Å². The first-order valence-corrected chi connectivity index (χ1v) is 6.37. The molecular weight excluding hydrogens is 269 g/mol. The number of nitrogens with one attached hydrogen (secondary N) is 1. The largest absolute Gasteiger partial charge is 0.418 e. The highest BCUT2D eigenvalue weighted by molar-refractivity contribution is 5.93. The van der Waals surface area contributed by atoms with Crippen molar-refractivity contribution in [3.05, 3.63) is 29.3 Å². The molecule has 0 saturated carbocycles. The van der Waals surface area contributed by atoms with Gasteiger partial charge in [-0.05, 0) is 23.6 Å². The summed E-state index contributed by atoms with van der Waals surface area (Å²) in [4.78, 5) is 11.9. The van der Waals surface area contributed by atoms with Gasteiger partial charge in [0.25, 0.3) is 0 Å². The number of nitrogens with two attached hydrogens (primary N) is 1. The molecule has 0 aliphatic carbocycles. The molecule has 1 amide bonds. The van der Waals surface area contributed by atoms with Crippen LogP contribution in [0.1, 0.15) is 31.9 Å². The Labute approximate surface area is 116 Å². The first kappa shape index (κ1) is 16.5. The van der Waals surface area contributed by atoms with Crippen LogP contribution in [0.2, 0.25) is 0 Å². The van der Waals surface area contributed by atoms with E-state index in [2.05, 4.69) is 5.32 Å². The number of amides is 1. The van der Waals surface area contributed by atoms with Crippen molar-refractivity contribution in [3.63, 3.8) is 0 Å². The second kappa shape index (κ2) is 6.26. The predicted molar refractivity (Wildman–Crippen MR) is 72.0 cm³/mol. The van der Waals surface area contributed by atoms with E-state index in [-0.39, 0.29) is 24.1 Å². The third-order valence-electron chi connectivity index (χ3n) is 3.30. The highest BCUT2D eigenvalue weighted by Gasteiger charge is 2.34. The fourth-order valence-corrected chi connectivity index (χ4v) is 1.61. The maximum absolute atomic E-state index is 13.0. The molecule has 1 unspecified atom stereocenters. The van der Waals surface area contributed by atoms with Gasteiger partial charge in [0.05, 0.1) is 11.3 Å². The Kier molecular flexibility index (Phi) is 5.16. The van der Waals surface area contributed by atoms with Crippen LogP contribution in [0.25, 0.3) is 0 Å². The number of halogens is 3. The normalized spacial score (nSPS) is 13.4. The molecule has 0 aromatic heterocycles. The minimum absolute atomic E-state index is 0.0136. The van der Waals surface area contributed by atoms with Crippen LogP contribution < -0.4 is 11.1 Å². The summed E-state index contributed by atoms with van der Waals surface area (Å²) in [6, 6.07) is 3.69. The minimum atomic E-state index is -4.53. The molecule has 6 heteroatoms. The van der Waals surface area contributed by atoms with Crippen LogP contribution in [0.5, 0.6) is 0 Å². The standard InChI is InChI=1S/C14H19F3N2O/c1-8(2)9(3)13(20)19-12-5-4-10(7-18)6-11(12)14(15,16)17/h4-6,8-9H,7,18H2,1-3H3,(H,19,20). The van der Waals surface area contributed by atoms with Crippen molar-refractivity contribution in [3.8, 4) is 0 Å². The smallest absolute Gasteiger partial charge is 0.326 e. The Balaban J connectivity index is 3.09. The molecule has 0 aliphatic heterocycles. The summed E-state index contributed by atoms with van der Waals surface area (Å²) in [7, 11) is 0. The summed E-state index contributed by atoms with van der Waals surface area (Å²) < 4.78 is 38.9. The molecule has 0 spiro atoms. The van der Waals surface area contributed by atoms with E-state index in [1.807, 2.05) is 13.8 Å². The van der Waals surface area contributed by atoms with Crippen LogP contribution in [0.15, 0.2) is 18.2 Å². The zero-order valence-electron chi connectivity index (χ0n) is 11.7. The van der Waals surface area contributed by atoms with E-state index in [0.29, 0.717) is 5.56 Å². The van der Waals surface area contributed by atoms with E-state index in [4.69, 9.17) is 5.73 Å². The van der Waals surface area contributed by atoms with Crippen molar-refractivity contribution in [2.45, 2.75) is 33.5 Å². The van der Waals surface area contributed by atoms with E-state index in [9.17, 15) is 18.0 Å². The number of benzene rings is 1. The number of carbonyl (C=O) groups excluding carboxylic acids is 1. The van der Waals surface area contributed by atoms with Crippen LogP contribution in [0, 0.1) is 11.8 Å². The van der Waals surface area contributed by atoms with Crippen LogP contribution in [0.4, 0.5) is 18.9 Å². The molecule has 1 rings (SSSR count). The molecule has 1 aromatic carbocycles. The van der Waals surface area contributed by atoms with Crippen molar-refractivity contribution >= 4 is 11.6 Å². The lowest BCUT2D eigenvalue weighted by Crippen LogP contribution is -2.25. The SMILES string of the molecule is CC(C)C(C)C(=O)Nc1ccc(CN)cc1C(F)(F)F. The molecule has 1 aromatic rings. The van der Waals surface area contributed by atoms with Crippen molar-refractivity contribution in [1.29, 1.82) is 0 Å². The summed E-state index contributed by atoms with van der Waals surface area (Å²) >= 11 is 0. The Morgan fingerprint density at radius 3 is 2.35 bits per heavy atom. The lowest BCUT2D eigenvalue weighted by atomic mass is 9.97. The van der Waals surface area contributed by atoms with Gasteiger partial charge < -0.3 is 11.1 Å². The monoisotopic (exact) mass is 288 g/mol. The predicted octanol–water partition coefficient (Wildman–Crippen LogP) is 3.39. The number of rotatable bonds is 4. The second-order valence-corrected chi connectivity index (χ2v) is 5.10. The van der Waals surface area contributed by atoms with Gasteiger partial charge in [-0.1, -0.05) is 26.8 Å². The number of hydrogen-bond donors (Lipinski definition) is 2. The van der Waals surface area contributed by atoms with Gasteiger partial charge in [-0.25, -0.2) is 0 Å². The summed E-state index contributed by atoms with van der Waals surface area (Å²) in [6.45, 7) is 5.38. The summed E-state index contributed by atoms with van der Waals surface area (Å²) in [5.41, 5.74) is 4.61. The third-order valence-corrected chi connectivity index (χ3v) is 3.30. The molecule has 0 radical (unpaired) electrons. The van der Waals surface area contributed by atoms with Gasteiger partial charge >= 0.3 is 6.18 Å². The molecule has 0 heterocycles. The van der Waals surface area contributed by atoms with Gasteiger partial charge in [0.2, 0.25) is 5.91 Å². The Hall–Kier alpha value is -1.56. The zero-order chi connectivity index (χ0) is 15.5. The Morgan fingerprint density at radius 2 is 1.90 bits per heavy atom. The fourth-order valence-electron chi connectivity index (χ4n) is 1.61. The number of hydrogen-bond acceptors (Lipinski definition) is 2. The third kappa shape index (κ3) is 3.96. The maximum atomic E-state index is 13.0. The molecular formula is C14H19F3N2O. The van der Waals surface area contributed by atoms with E-state index < -0.39 is 17.6 Å². The average molecular weight is 288 g/mol. The number of carbonyl (C=O) groups is 1. The quantitative estimate of drug-likeness (QED) is 0.892. The number of anilines is 1. The maximum Gasteiger partial charge on any atom is 0.418 e. The van der Waals surface area contributed by atoms with Gasteiger partial charge in [-0.15, -0.1) is 0 Å². The van der Waals surface area contributed by atoms with Gasteiger partial charge in [-0.3, -0.25) is 4.79 Å². The van der Waals surface area contributed by atoms with E-state index in [1.165, 1.54) is 12.1 Å². The van der Waals surface area contributed by atoms with E-state index in [1.54, 1.807) is 6.92 Å². The van der Waals surface area contributed by atoms with Crippen LogP contribution in [-0.2, 0) is 17.5 Å². The van der Waals surface area contributed by atoms with E-state index >= 15 is 0 Å². The highest BCUT2D eigenvalue weighted by Crippen LogP contribution is 2.35. The van der Waals surface area contributed by atoms with Crippen LogP contribution in [0.3, 0.4) is 0 Å². The van der Waals surface area contributed by atoms with E-state index in [0.717, 1.165) is 6.07 Å². The highest BCUT2D eigenvalue weighted by atomic mass is 19.4. The molecule has 3 nitrogen and oxygen atoms in total. The molecule has 0 saturated heterocycles. The molecule has 0 aliphatic rings. The second-order valence-electron chi connectivity index (χ2n) is 5.10. The van der Waals surface area contributed by atoms with Gasteiger partial charge in [0.15, 0.2) is 0 Å². The van der Waals surface area contributed by atoms with Crippen molar-refractivity contribution in [1.82, 2.24) is 0 Å². The molecule has 20 heavy (non-hydrogen) atoms. The first-order chi connectivity index (χ1) is 9.16. The molecule has 3 N–H and O–H groups in total. The average Bonchev–Trinajstić information content (AvgIpc) is 2.36. The van der Waals surface area contributed by atoms with Crippen LogP contribution in [-0.4, -0.2) is 5.91 Å². The summed E-state index contributed by atoms with van der Waals surface area (Å²) in [5, 5.41) is 2.35. The molecule has 112 valence electrons. The lowest BCUT2D eigenvalue weighted by molar-refractivity contribution is -0.137. The molecule has 0 fully saturated rings. The lowest BCUT2D eigenvalue weighted by Gasteiger charge is -2.19. The molecule has 0 bridgehead atoms. The van der Waals surface area contributed by atoms with Gasteiger partial charge in [-0.2, -0.15) is 13.2 Å². The Bertz CT molecular complexity index is 484. The fraction of sp³-hybridized carbons (Fsp3) is 0.500.